The first kappa shape index (κ1) is 9.05. The molecule has 0 bridgehead atoms. The topological polar surface area (TPSA) is 0 Å². The van der Waals surface area contributed by atoms with Crippen LogP contribution in [0.4, 0.5) is 0 Å². The Balaban J connectivity index is 2.11. The van der Waals surface area contributed by atoms with Gasteiger partial charge in [0.2, 0.25) is 0 Å². The van der Waals surface area contributed by atoms with E-state index in [0.29, 0.717) is 0 Å². The van der Waals surface area contributed by atoms with Crippen molar-refractivity contribution in [2.45, 2.75) is 12.2 Å². The van der Waals surface area contributed by atoms with Crippen molar-refractivity contribution in [3.63, 3.8) is 0 Å². The standard InChI is InChI=1S/C9H11AsS2/c1-8-7-11-10(12-8)9-5-3-2-4-6-9/h2-6,8H,7H2,1H3/t8-,10?/m1/s1. The molecule has 0 spiro atoms. The minimum absolute atomic E-state index is 0.731. The summed E-state index contributed by atoms with van der Waals surface area (Å²) in [5.41, 5.74) is 0. The maximum atomic E-state index is 2.34. The van der Waals surface area contributed by atoms with E-state index in [0.717, 1.165) is 5.25 Å². The van der Waals surface area contributed by atoms with E-state index in [4.69, 9.17) is 0 Å². The van der Waals surface area contributed by atoms with E-state index in [1.54, 1.807) is 4.35 Å². The molecule has 1 heterocycles. The number of hydrogen-bond acceptors (Lipinski definition) is 2. The fourth-order valence-corrected chi connectivity index (χ4v) is 17.1. The average Bonchev–Trinajstić information content (AvgIpc) is 2.54. The molecule has 1 unspecified atom stereocenters. The van der Waals surface area contributed by atoms with Crippen LogP contribution in [0, 0.1) is 0 Å². The van der Waals surface area contributed by atoms with Crippen molar-refractivity contribution in [3.8, 4) is 0 Å². The molecule has 1 aliphatic rings. The third-order valence-corrected chi connectivity index (χ3v) is 16.1. The summed E-state index contributed by atoms with van der Waals surface area (Å²) in [7, 11) is 4.44. The average molecular weight is 258 g/mol. The second kappa shape index (κ2) is 4.13. The fourth-order valence-electron chi connectivity index (χ4n) is 1.08. The third kappa shape index (κ3) is 2.04. The Kier molecular flexibility index (Phi) is 3.11. The second-order valence-corrected chi connectivity index (χ2v) is 14.5. The van der Waals surface area contributed by atoms with Crippen molar-refractivity contribution >= 4 is 36.7 Å². The van der Waals surface area contributed by atoms with Crippen LogP contribution in [0.25, 0.3) is 0 Å². The van der Waals surface area contributed by atoms with Crippen LogP contribution < -0.4 is 4.35 Å². The Morgan fingerprint density at radius 1 is 1.33 bits per heavy atom. The first-order valence-corrected chi connectivity index (χ1v) is 11.3. The van der Waals surface area contributed by atoms with Crippen LogP contribution in [0.5, 0.6) is 0 Å². The monoisotopic (exact) mass is 258 g/mol. The van der Waals surface area contributed by atoms with Crippen LogP contribution in [0.15, 0.2) is 30.3 Å². The van der Waals surface area contributed by atoms with Gasteiger partial charge in [-0.25, -0.2) is 0 Å². The van der Waals surface area contributed by atoms with E-state index < -0.39 is 12.3 Å². The summed E-state index contributed by atoms with van der Waals surface area (Å²) in [5, 5.41) is 0.884. The van der Waals surface area contributed by atoms with Crippen LogP contribution in [0.3, 0.4) is 0 Å². The van der Waals surface area contributed by atoms with Crippen molar-refractivity contribution in [2.24, 2.45) is 0 Å². The molecular weight excluding hydrogens is 247 g/mol. The molecule has 0 radical (unpaired) electrons. The predicted octanol–water partition coefficient (Wildman–Crippen LogP) is 2.25. The van der Waals surface area contributed by atoms with Gasteiger partial charge in [-0.3, -0.25) is 0 Å². The van der Waals surface area contributed by atoms with Crippen LogP contribution >= 0.6 is 20.0 Å². The van der Waals surface area contributed by atoms with Gasteiger partial charge in [0.25, 0.3) is 0 Å². The van der Waals surface area contributed by atoms with Gasteiger partial charge in [-0.05, 0) is 0 Å². The summed E-state index contributed by atoms with van der Waals surface area (Å²) >= 11 is -0.731. The van der Waals surface area contributed by atoms with Gasteiger partial charge in [-0.1, -0.05) is 0 Å². The zero-order chi connectivity index (χ0) is 8.39. The molecule has 0 amide bonds. The van der Waals surface area contributed by atoms with Gasteiger partial charge in [0.1, 0.15) is 0 Å². The summed E-state index contributed by atoms with van der Waals surface area (Å²) in [6.07, 6.45) is 0. The van der Waals surface area contributed by atoms with E-state index in [2.05, 4.69) is 57.3 Å². The quantitative estimate of drug-likeness (QED) is 0.709. The zero-order valence-electron chi connectivity index (χ0n) is 6.93. The molecule has 1 aliphatic heterocycles. The summed E-state index contributed by atoms with van der Waals surface area (Å²) in [6.45, 7) is 2.34. The first-order chi connectivity index (χ1) is 5.86. The molecule has 1 fully saturated rings. The molecule has 64 valence electrons. The number of benzene rings is 1. The van der Waals surface area contributed by atoms with E-state index in [9.17, 15) is 0 Å². The SMILES string of the molecule is C[C@@H]1CS[As](c2ccccc2)S1. The minimum atomic E-state index is -0.731. The van der Waals surface area contributed by atoms with Crippen LogP contribution in [0.1, 0.15) is 6.92 Å². The van der Waals surface area contributed by atoms with Crippen LogP contribution in [0.2, 0.25) is 0 Å². The van der Waals surface area contributed by atoms with Gasteiger partial charge < -0.3 is 0 Å². The van der Waals surface area contributed by atoms with Crippen molar-refractivity contribution in [2.75, 3.05) is 5.75 Å². The Labute approximate surface area is 84.7 Å². The summed E-state index contributed by atoms with van der Waals surface area (Å²) in [6, 6.07) is 11.0. The van der Waals surface area contributed by atoms with Gasteiger partial charge >= 0.3 is 85.0 Å². The number of hydrogen-bond donors (Lipinski definition) is 0. The van der Waals surface area contributed by atoms with E-state index in [1.165, 1.54) is 5.75 Å². The normalized spacial score (nSPS) is 29.1. The molecule has 12 heavy (non-hydrogen) atoms. The molecule has 0 saturated carbocycles. The number of rotatable bonds is 1. The maximum absolute atomic E-state index is 2.34. The molecule has 1 saturated heterocycles. The molecule has 3 heteroatoms. The van der Waals surface area contributed by atoms with Gasteiger partial charge in [0, 0.05) is 0 Å². The predicted molar refractivity (Wildman–Crippen MR) is 61.3 cm³/mol. The summed E-state index contributed by atoms with van der Waals surface area (Å²) in [4.78, 5) is 0. The summed E-state index contributed by atoms with van der Waals surface area (Å²) in [5.74, 6) is 1.36. The van der Waals surface area contributed by atoms with Gasteiger partial charge in [-0.15, -0.1) is 0 Å². The van der Waals surface area contributed by atoms with E-state index >= 15 is 0 Å². The van der Waals surface area contributed by atoms with Gasteiger partial charge in [0.05, 0.1) is 0 Å². The van der Waals surface area contributed by atoms with Crippen molar-refractivity contribution in [3.05, 3.63) is 30.3 Å². The molecule has 1 aromatic rings. The second-order valence-electron chi connectivity index (χ2n) is 2.80. The molecule has 0 nitrogen and oxygen atoms in total. The Hall–Kier alpha value is 0.478. The Bertz CT molecular complexity index is 250. The molecule has 1 aromatic carbocycles. The van der Waals surface area contributed by atoms with E-state index in [1.807, 2.05) is 0 Å². The van der Waals surface area contributed by atoms with Gasteiger partial charge in [-0.2, -0.15) is 0 Å². The van der Waals surface area contributed by atoms with Crippen molar-refractivity contribution in [1.29, 1.82) is 0 Å². The molecule has 2 atom stereocenters. The van der Waals surface area contributed by atoms with E-state index in [-0.39, 0.29) is 0 Å². The van der Waals surface area contributed by atoms with Crippen molar-refractivity contribution in [1.82, 2.24) is 0 Å². The fraction of sp³-hybridized carbons (Fsp3) is 0.333. The third-order valence-electron chi connectivity index (χ3n) is 1.67. The molecule has 0 N–H and O–H groups in total. The molecule has 2 rings (SSSR count). The van der Waals surface area contributed by atoms with Crippen molar-refractivity contribution < 1.29 is 0 Å². The zero-order valence-corrected chi connectivity index (χ0v) is 10.4. The Morgan fingerprint density at radius 2 is 2.08 bits per heavy atom. The van der Waals surface area contributed by atoms with Crippen LogP contribution in [-0.4, -0.2) is 23.3 Å². The molecule has 0 aromatic heterocycles. The molecule has 0 aliphatic carbocycles. The first-order valence-electron chi connectivity index (χ1n) is 4.01. The molecular formula is C9H11AsS2. The van der Waals surface area contributed by atoms with Gasteiger partial charge in [0.15, 0.2) is 0 Å². The summed E-state index contributed by atoms with van der Waals surface area (Å²) < 4.78 is 1.62. The van der Waals surface area contributed by atoms with Crippen LogP contribution in [-0.2, 0) is 0 Å². The Morgan fingerprint density at radius 3 is 2.67 bits per heavy atom.